The lowest BCUT2D eigenvalue weighted by atomic mass is 10.1. The quantitative estimate of drug-likeness (QED) is 0.357. The van der Waals surface area contributed by atoms with Crippen LogP contribution in [0.3, 0.4) is 0 Å². The predicted molar refractivity (Wildman–Crippen MR) is 125 cm³/mol. The summed E-state index contributed by atoms with van der Waals surface area (Å²) >= 11 is 0. The van der Waals surface area contributed by atoms with Gasteiger partial charge < -0.3 is 9.26 Å². The molecule has 0 atom stereocenters. The fourth-order valence-electron chi connectivity index (χ4n) is 3.57. The summed E-state index contributed by atoms with van der Waals surface area (Å²) in [5.74, 6) is -0.114. The van der Waals surface area contributed by atoms with Crippen LogP contribution in [0, 0.1) is 6.92 Å². The molecule has 3 aromatic carbocycles. The van der Waals surface area contributed by atoms with Crippen molar-refractivity contribution in [2.24, 2.45) is 0 Å². The number of carbonyl (C=O) groups excluding carboxylic acids is 1. The highest BCUT2D eigenvalue weighted by Gasteiger charge is 2.19. The molecule has 0 aliphatic heterocycles. The number of benzene rings is 3. The van der Waals surface area contributed by atoms with Crippen molar-refractivity contribution in [1.29, 1.82) is 0 Å². The summed E-state index contributed by atoms with van der Waals surface area (Å²) < 4.78 is 12.0. The number of hydrogen-bond acceptors (Lipinski definition) is 7. The van der Waals surface area contributed by atoms with Gasteiger partial charge in [0, 0.05) is 10.9 Å². The average molecular weight is 452 g/mol. The van der Waals surface area contributed by atoms with Gasteiger partial charge in [-0.05, 0) is 30.7 Å². The third kappa shape index (κ3) is 4.33. The van der Waals surface area contributed by atoms with Crippen LogP contribution >= 0.6 is 0 Å². The van der Waals surface area contributed by atoms with E-state index in [0.717, 1.165) is 16.7 Å². The van der Waals surface area contributed by atoms with Gasteiger partial charge in [-0.3, -0.25) is 4.79 Å². The minimum absolute atomic E-state index is 0.0494. The zero-order valence-corrected chi connectivity index (χ0v) is 18.3. The van der Waals surface area contributed by atoms with E-state index in [4.69, 9.17) is 9.26 Å². The highest BCUT2D eigenvalue weighted by atomic mass is 16.5. The normalized spacial score (nSPS) is 11.0. The van der Waals surface area contributed by atoms with Gasteiger partial charge in [0.25, 0.3) is 11.4 Å². The number of nitrogens with zero attached hydrogens (tertiary/aromatic N) is 4. The lowest BCUT2D eigenvalue weighted by Gasteiger charge is -2.10. The van der Waals surface area contributed by atoms with Crippen molar-refractivity contribution >= 4 is 16.7 Å². The second-order valence-electron chi connectivity index (χ2n) is 7.80. The maximum Gasteiger partial charge on any atom is 0.359 e. The maximum atomic E-state index is 13.0. The summed E-state index contributed by atoms with van der Waals surface area (Å²) in [4.78, 5) is 30.2. The second kappa shape index (κ2) is 9.11. The Bertz CT molecular complexity index is 1520. The molecule has 0 fully saturated rings. The predicted octanol–water partition coefficient (Wildman–Crippen LogP) is 4.16. The molecule has 0 aliphatic rings. The lowest BCUT2D eigenvalue weighted by Crippen LogP contribution is -2.27. The fourth-order valence-corrected chi connectivity index (χ4v) is 3.57. The second-order valence-corrected chi connectivity index (χ2v) is 7.80. The molecule has 5 rings (SSSR count). The Hall–Kier alpha value is -4.59. The van der Waals surface area contributed by atoms with Crippen LogP contribution < -0.4 is 5.56 Å². The van der Waals surface area contributed by atoms with Gasteiger partial charge in [0.05, 0.1) is 11.9 Å². The van der Waals surface area contributed by atoms with Gasteiger partial charge in [0.1, 0.15) is 0 Å². The summed E-state index contributed by atoms with van der Waals surface area (Å²) in [5.41, 5.74) is 2.55. The summed E-state index contributed by atoms with van der Waals surface area (Å²) in [5, 5.41) is 9.04. The van der Waals surface area contributed by atoms with Gasteiger partial charge in [0.15, 0.2) is 12.3 Å². The molecule has 5 aromatic rings. The maximum absolute atomic E-state index is 13.0. The number of rotatable bonds is 6. The van der Waals surface area contributed by atoms with Crippen LogP contribution in [-0.4, -0.2) is 25.9 Å². The molecule has 0 aliphatic carbocycles. The SMILES string of the molecule is Cc1ccc(-c2nc(COC(=O)c3nn(Cc4ccccc4)c(=O)c4ccccc34)no2)cc1. The van der Waals surface area contributed by atoms with Crippen LogP contribution in [0.15, 0.2) is 88.2 Å². The number of aryl methyl sites for hydroxylation is 1. The number of fused-ring (bicyclic) bond motifs is 1. The summed E-state index contributed by atoms with van der Waals surface area (Å²) in [6.45, 7) is 2.03. The van der Waals surface area contributed by atoms with Crippen LogP contribution in [0.4, 0.5) is 0 Å². The molecule has 0 amide bonds. The van der Waals surface area contributed by atoms with E-state index in [1.165, 1.54) is 4.68 Å². The van der Waals surface area contributed by atoms with Crippen molar-refractivity contribution in [2.75, 3.05) is 0 Å². The van der Waals surface area contributed by atoms with E-state index in [2.05, 4.69) is 15.2 Å². The van der Waals surface area contributed by atoms with Gasteiger partial charge in [-0.25, -0.2) is 9.48 Å². The van der Waals surface area contributed by atoms with Crippen molar-refractivity contribution in [1.82, 2.24) is 19.9 Å². The molecular weight excluding hydrogens is 432 g/mol. The first-order valence-electron chi connectivity index (χ1n) is 10.7. The summed E-state index contributed by atoms with van der Waals surface area (Å²) in [6.07, 6.45) is 0. The fraction of sp³-hybridized carbons (Fsp3) is 0.115. The number of ether oxygens (including phenoxy) is 1. The highest BCUT2D eigenvalue weighted by molar-refractivity contribution is 6.02. The van der Waals surface area contributed by atoms with Crippen LogP contribution in [0.2, 0.25) is 0 Å². The largest absolute Gasteiger partial charge is 0.453 e. The minimum atomic E-state index is -0.681. The zero-order chi connectivity index (χ0) is 23.5. The van der Waals surface area contributed by atoms with E-state index in [1.807, 2.05) is 61.5 Å². The summed E-state index contributed by atoms with van der Waals surface area (Å²) in [7, 11) is 0. The van der Waals surface area contributed by atoms with E-state index >= 15 is 0 Å². The smallest absolute Gasteiger partial charge is 0.359 e. The third-order valence-corrected chi connectivity index (χ3v) is 5.34. The molecule has 168 valence electrons. The molecule has 8 heteroatoms. The van der Waals surface area contributed by atoms with E-state index < -0.39 is 5.97 Å². The van der Waals surface area contributed by atoms with Crippen LogP contribution in [0.25, 0.3) is 22.2 Å². The van der Waals surface area contributed by atoms with Crippen molar-refractivity contribution in [3.8, 4) is 11.5 Å². The van der Waals surface area contributed by atoms with Crippen LogP contribution in [0.1, 0.15) is 27.4 Å². The van der Waals surface area contributed by atoms with Crippen molar-refractivity contribution in [3.63, 3.8) is 0 Å². The van der Waals surface area contributed by atoms with E-state index in [9.17, 15) is 9.59 Å². The van der Waals surface area contributed by atoms with E-state index in [0.29, 0.717) is 16.7 Å². The molecule has 0 bridgehead atoms. The minimum Gasteiger partial charge on any atom is -0.453 e. The molecule has 0 N–H and O–H groups in total. The molecule has 0 unspecified atom stereocenters. The Balaban J connectivity index is 1.40. The Labute approximate surface area is 194 Å². The molecule has 0 saturated heterocycles. The first kappa shape index (κ1) is 21.3. The molecular formula is C26H20N4O4. The lowest BCUT2D eigenvalue weighted by molar-refractivity contribution is 0.0452. The highest BCUT2D eigenvalue weighted by Crippen LogP contribution is 2.19. The zero-order valence-electron chi connectivity index (χ0n) is 18.3. The number of hydrogen-bond donors (Lipinski definition) is 0. The topological polar surface area (TPSA) is 100 Å². The van der Waals surface area contributed by atoms with E-state index in [1.54, 1.807) is 24.3 Å². The third-order valence-electron chi connectivity index (χ3n) is 5.34. The van der Waals surface area contributed by atoms with Crippen LogP contribution in [0.5, 0.6) is 0 Å². The Morgan fingerprint density at radius 2 is 1.65 bits per heavy atom. The average Bonchev–Trinajstić information content (AvgIpc) is 3.34. The Morgan fingerprint density at radius 3 is 2.41 bits per heavy atom. The number of carbonyl (C=O) groups is 1. The molecule has 0 saturated carbocycles. The first-order chi connectivity index (χ1) is 16.6. The molecule has 8 nitrogen and oxygen atoms in total. The van der Waals surface area contributed by atoms with Gasteiger partial charge >= 0.3 is 5.97 Å². The van der Waals surface area contributed by atoms with Crippen LogP contribution in [-0.2, 0) is 17.9 Å². The Kier molecular flexibility index (Phi) is 5.70. The van der Waals surface area contributed by atoms with E-state index in [-0.39, 0.29) is 30.2 Å². The number of esters is 1. The van der Waals surface area contributed by atoms with Gasteiger partial charge in [-0.2, -0.15) is 10.1 Å². The monoisotopic (exact) mass is 452 g/mol. The molecule has 2 aromatic heterocycles. The van der Waals surface area contributed by atoms with Gasteiger partial charge in [-0.1, -0.05) is 71.4 Å². The van der Waals surface area contributed by atoms with Gasteiger partial charge in [-0.15, -0.1) is 0 Å². The van der Waals surface area contributed by atoms with Gasteiger partial charge in [0.2, 0.25) is 5.82 Å². The van der Waals surface area contributed by atoms with Crippen molar-refractivity contribution < 1.29 is 14.1 Å². The summed E-state index contributed by atoms with van der Waals surface area (Å²) in [6, 6.07) is 23.9. The molecule has 0 spiro atoms. The Morgan fingerprint density at radius 1 is 0.941 bits per heavy atom. The molecule has 34 heavy (non-hydrogen) atoms. The van der Waals surface area contributed by atoms with Crippen molar-refractivity contribution in [3.05, 3.63) is 112 Å². The number of aromatic nitrogens is 4. The standard InChI is InChI=1S/C26H20N4O4/c1-17-11-13-19(14-12-17)24-27-22(29-34-24)16-33-26(32)23-20-9-5-6-10-21(20)25(31)30(28-23)15-18-7-3-2-4-8-18/h2-14H,15-16H2,1H3. The molecule has 0 radical (unpaired) electrons. The first-order valence-corrected chi connectivity index (χ1v) is 10.7. The van der Waals surface area contributed by atoms with Crippen molar-refractivity contribution in [2.45, 2.75) is 20.1 Å². The molecule has 2 heterocycles.